The number of halogens is 2. The van der Waals surface area contributed by atoms with E-state index in [1.54, 1.807) is 0 Å². The maximum absolute atomic E-state index is 5.96. The van der Waals surface area contributed by atoms with Crippen molar-refractivity contribution >= 4 is 27.5 Å². The Balaban J connectivity index is 2.54. The van der Waals surface area contributed by atoms with E-state index in [4.69, 9.17) is 11.6 Å². The number of alkyl halides is 1. The van der Waals surface area contributed by atoms with Crippen molar-refractivity contribution in [3.05, 3.63) is 28.5 Å². The quantitative estimate of drug-likeness (QED) is 0.737. The Hall–Kier alpha value is -0.0800. The molecule has 0 aliphatic carbocycles. The number of aromatic nitrogens is 1. The second kappa shape index (κ2) is 6.49. The minimum absolute atomic E-state index is 0.542. The van der Waals surface area contributed by atoms with Crippen molar-refractivity contribution in [1.29, 1.82) is 0 Å². The standard InChI is InChI=1S/C12H17BrClN/c1-9(2)5-10(7-14)6-12-4-3-11(13)8-15-12/h3-4,8-10H,5-7H2,1-2H3. The van der Waals surface area contributed by atoms with Crippen LogP contribution in [0.15, 0.2) is 22.8 Å². The number of pyridine rings is 1. The topological polar surface area (TPSA) is 12.9 Å². The van der Waals surface area contributed by atoms with Gasteiger partial charge in [0.05, 0.1) is 0 Å². The first-order chi connectivity index (χ1) is 7.11. The Labute approximate surface area is 105 Å². The Morgan fingerprint density at radius 2 is 2.13 bits per heavy atom. The molecule has 0 saturated carbocycles. The van der Waals surface area contributed by atoms with E-state index in [-0.39, 0.29) is 0 Å². The Morgan fingerprint density at radius 1 is 1.40 bits per heavy atom. The molecule has 0 aromatic carbocycles. The zero-order chi connectivity index (χ0) is 11.3. The second-order valence-corrected chi connectivity index (χ2v) is 5.55. The predicted octanol–water partition coefficient (Wildman–Crippen LogP) is 4.29. The molecule has 0 amide bonds. The lowest BCUT2D eigenvalue weighted by atomic mass is 9.94. The number of hydrogen-bond acceptors (Lipinski definition) is 1. The summed E-state index contributed by atoms with van der Waals surface area (Å²) in [7, 11) is 0. The third kappa shape index (κ3) is 4.98. The minimum atomic E-state index is 0.542. The molecule has 1 heterocycles. The van der Waals surface area contributed by atoms with Gasteiger partial charge in [-0.1, -0.05) is 13.8 Å². The van der Waals surface area contributed by atoms with Crippen LogP contribution in [0.25, 0.3) is 0 Å². The second-order valence-electron chi connectivity index (χ2n) is 4.32. The molecule has 0 fully saturated rings. The normalized spacial score (nSPS) is 13.1. The summed E-state index contributed by atoms with van der Waals surface area (Å²) in [5, 5.41) is 0. The molecule has 1 nitrogen and oxygen atoms in total. The van der Waals surface area contributed by atoms with Gasteiger partial charge >= 0.3 is 0 Å². The Kier molecular flexibility index (Phi) is 5.62. The number of rotatable bonds is 5. The van der Waals surface area contributed by atoms with Crippen molar-refractivity contribution in [3.63, 3.8) is 0 Å². The molecule has 0 radical (unpaired) electrons. The first-order valence-electron chi connectivity index (χ1n) is 5.28. The van der Waals surface area contributed by atoms with E-state index in [0.717, 1.165) is 22.5 Å². The van der Waals surface area contributed by atoms with Gasteiger partial charge in [0.15, 0.2) is 0 Å². The molecule has 1 aromatic rings. The van der Waals surface area contributed by atoms with E-state index in [1.165, 1.54) is 6.42 Å². The fraction of sp³-hybridized carbons (Fsp3) is 0.583. The van der Waals surface area contributed by atoms with E-state index >= 15 is 0 Å². The first-order valence-corrected chi connectivity index (χ1v) is 6.61. The molecule has 0 saturated heterocycles. The SMILES string of the molecule is CC(C)CC(CCl)Cc1ccc(Br)cn1. The van der Waals surface area contributed by atoms with Gasteiger partial charge in [-0.25, -0.2) is 0 Å². The van der Waals surface area contributed by atoms with Crippen molar-refractivity contribution < 1.29 is 0 Å². The van der Waals surface area contributed by atoms with E-state index < -0.39 is 0 Å². The van der Waals surface area contributed by atoms with Crippen molar-refractivity contribution in [3.8, 4) is 0 Å². The summed E-state index contributed by atoms with van der Waals surface area (Å²) >= 11 is 9.34. The lowest BCUT2D eigenvalue weighted by molar-refractivity contribution is 0.438. The van der Waals surface area contributed by atoms with Gasteiger partial charge in [0, 0.05) is 22.2 Å². The highest BCUT2D eigenvalue weighted by Crippen LogP contribution is 2.18. The Bertz CT molecular complexity index is 284. The molecular formula is C12H17BrClN. The van der Waals surface area contributed by atoms with Crippen LogP contribution in [-0.2, 0) is 6.42 Å². The molecule has 3 heteroatoms. The van der Waals surface area contributed by atoms with Crippen LogP contribution >= 0.6 is 27.5 Å². The molecule has 1 unspecified atom stereocenters. The fourth-order valence-corrected chi connectivity index (χ4v) is 2.16. The summed E-state index contributed by atoms with van der Waals surface area (Å²) in [4.78, 5) is 4.37. The van der Waals surface area contributed by atoms with Crippen LogP contribution in [0.2, 0.25) is 0 Å². The molecule has 1 rings (SSSR count). The van der Waals surface area contributed by atoms with Gasteiger partial charge in [-0.3, -0.25) is 4.98 Å². The van der Waals surface area contributed by atoms with Gasteiger partial charge in [0.25, 0.3) is 0 Å². The van der Waals surface area contributed by atoms with Crippen LogP contribution in [0, 0.1) is 11.8 Å². The summed E-state index contributed by atoms with van der Waals surface area (Å²) in [6, 6.07) is 4.09. The highest BCUT2D eigenvalue weighted by Gasteiger charge is 2.11. The molecule has 0 spiro atoms. The van der Waals surface area contributed by atoms with Crippen molar-refractivity contribution in [2.45, 2.75) is 26.7 Å². The monoisotopic (exact) mass is 289 g/mol. The summed E-state index contributed by atoms with van der Waals surface area (Å²) < 4.78 is 1.03. The molecule has 0 aliphatic heterocycles. The molecule has 0 bridgehead atoms. The zero-order valence-electron chi connectivity index (χ0n) is 9.21. The highest BCUT2D eigenvalue weighted by molar-refractivity contribution is 9.10. The molecule has 1 atom stereocenters. The smallest absolute Gasteiger partial charge is 0.0413 e. The predicted molar refractivity (Wildman–Crippen MR) is 69.3 cm³/mol. The van der Waals surface area contributed by atoms with Crippen molar-refractivity contribution in [1.82, 2.24) is 4.98 Å². The average Bonchev–Trinajstić information content (AvgIpc) is 2.19. The molecule has 0 aliphatic rings. The lowest BCUT2D eigenvalue weighted by Gasteiger charge is -2.15. The lowest BCUT2D eigenvalue weighted by Crippen LogP contribution is -2.10. The maximum Gasteiger partial charge on any atom is 0.0413 e. The number of nitrogens with zero attached hydrogens (tertiary/aromatic N) is 1. The summed E-state index contributed by atoms with van der Waals surface area (Å²) in [5.74, 6) is 1.96. The summed E-state index contributed by atoms with van der Waals surface area (Å²) in [5.41, 5.74) is 1.13. The first kappa shape index (κ1) is 13.0. The maximum atomic E-state index is 5.96. The van der Waals surface area contributed by atoms with Gasteiger partial charge in [0.1, 0.15) is 0 Å². The van der Waals surface area contributed by atoms with Gasteiger partial charge in [-0.2, -0.15) is 0 Å². The van der Waals surface area contributed by atoms with Crippen LogP contribution in [0.4, 0.5) is 0 Å². The van der Waals surface area contributed by atoms with Gasteiger partial charge in [0.2, 0.25) is 0 Å². The van der Waals surface area contributed by atoms with Crippen LogP contribution in [0.1, 0.15) is 26.0 Å². The Morgan fingerprint density at radius 3 is 2.60 bits per heavy atom. The fourth-order valence-electron chi connectivity index (χ4n) is 1.69. The highest BCUT2D eigenvalue weighted by atomic mass is 79.9. The average molecular weight is 291 g/mol. The number of hydrogen-bond donors (Lipinski definition) is 0. The molecule has 1 aromatic heterocycles. The van der Waals surface area contributed by atoms with Gasteiger partial charge < -0.3 is 0 Å². The largest absolute Gasteiger partial charge is 0.260 e. The van der Waals surface area contributed by atoms with Crippen LogP contribution in [0.3, 0.4) is 0 Å². The summed E-state index contributed by atoms with van der Waals surface area (Å²) in [6.07, 6.45) is 3.99. The van der Waals surface area contributed by atoms with Crippen molar-refractivity contribution in [2.75, 3.05) is 5.88 Å². The minimum Gasteiger partial charge on any atom is -0.260 e. The molecule has 15 heavy (non-hydrogen) atoms. The molecular weight excluding hydrogens is 273 g/mol. The van der Waals surface area contributed by atoms with Gasteiger partial charge in [-0.05, 0) is 52.7 Å². The van der Waals surface area contributed by atoms with Gasteiger partial charge in [-0.15, -0.1) is 11.6 Å². The summed E-state index contributed by atoms with van der Waals surface area (Å²) in [6.45, 7) is 4.46. The van der Waals surface area contributed by atoms with Crippen LogP contribution in [0.5, 0.6) is 0 Å². The molecule has 0 N–H and O–H groups in total. The van der Waals surface area contributed by atoms with E-state index in [9.17, 15) is 0 Å². The molecule has 84 valence electrons. The third-order valence-corrected chi connectivity index (χ3v) is 3.21. The van der Waals surface area contributed by atoms with Crippen LogP contribution < -0.4 is 0 Å². The van der Waals surface area contributed by atoms with E-state index in [2.05, 4.69) is 40.8 Å². The zero-order valence-corrected chi connectivity index (χ0v) is 11.6. The third-order valence-electron chi connectivity index (χ3n) is 2.31. The van der Waals surface area contributed by atoms with E-state index in [1.807, 2.05) is 12.3 Å². The van der Waals surface area contributed by atoms with Crippen molar-refractivity contribution in [2.24, 2.45) is 11.8 Å². The van der Waals surface area contributed by atoms with E-state index in [0.29, 0.717) is 11.8 Å². The van der Waals surface area contributed by atoms with Crippen LogP contribution in [-0.4, -0.2) is 10.9 Å².